The van der Waals surface area contributed by atoms with E-state index in [1.54, 1.807) is 36.4 Å². The van der Waals surface area contributed by atoms with E-state index >= 15 is 0 Å². The maximum absolute atomic E-state index is 14.4. The van der Waals surface area contributed by atoms with Gasteiger partial charge >= 0.3 is 0 Å². The van der Waals surface area contributed by atoms with E-state index in [1.807, 2.05) is 30.3 Å². The Hall–Kier alpha value is -3.47. The van der Waals surface area contributed by atoms with Gasteiger partial charge in [0.2, 0.25) is 21.8 Å². The van der Waals surface area contributed by atoms with Gasteiger partial charge in [0.15, 0.2) is 11.5 Å². The van der Waals surface area contributed by atoms with Crippen LogP contribution in [0.25, 0.3) is 0 Å². The lowest BCUT2D eigenvalue weighted by Crippen LogP contribution is -2.54. The quantitative estimate of drug-likeness (QED) is 0.268. The first-order valence-corrected chi connectivity index (χ1v) is 17.5. The Morgan fingerprint density at radius 3 is 2.36 bits per heavy atom. The van der Waals surface area contributed by atoms with Crippen LogP contribution in [0, 0.1) is 0 Å². The van der Waals surface area contributed by atoms with Crippen LogP contribution >= 0.6 is 23.2 Å². The van der Waals surface area contributed by atoms with Crippen molar-refractivity contribution in [1.29, 1.82) is 0 Å². The van der Waals surface area contributed by atoms with E-state index in [2.05, 4.69) is 5.32 Å². The van der Waals surface area contributed by atoms with Gasteiger partial charge in [-0.15, -0.1) is 0 Å². The van der Waals surface area contributed by atoms with Gasteiger partial charge in [0, 0.05) is 35.1 Å². The minimum atomic E-state index is -3.93. The van der Waals surface area contributed by atoms with E-state index in [-0.39, 0.29) is 36.4 Å². The number of hydrogen-bond donors (Lipinski definition) is 1. The lowest BCUT2D eigenvalue weighted by molar-refractivity contribution is -0.140. The molecule has 3 aromatic rings. The van der Waals surface area contributed by atoms with Crippen molar-refractivity contribution < 1.29 is 27.5 Å². The van der Waals surface area contributed by atoms with Crippen molar-refractivity contribution in [3.05, 3.63) is 87.9 Å². The maximum atomic E-state index is 14.4. The Morgan fingerprint density at radius 2 is 1.67 bits per heavy atom. The van der Waals surface area contributed by atoms with E-state index in [1.165, 1.54) is 11.8 Å². The molecule has 45 heavy (non-hydrogen) atoms. The SMILES string of the molecule is CCS(=O)(=O)N(CC(=O)N(Cc1ccc(Cl)cc1Cl)[C@H](Cc1ccccc1)C(=O)NC1CCCC1)c1ccc2c(c1)OCCO2. The summed E-state index contributed by atoms with van der Waals surface area (Å²) in [5, 5.41) is 3.92. The van der Waals surface area contributed by atoms with Gasteiger partial charge in [0.25, 0.3) is 0 Å². The van der Waals surface area contributed by atoms with Crippen LogP contribution in [0.4, 0.5) is 5.69 Å². The summed E-state index contributed by atoms with van der Waals surface area (Å²) in [5.41, 5.74) is 1.69. The number of nitrogens with zero attached hydrogens (tertiary/aromatic N) is 2. The second-order valence-electron chi connectivity index (χ2n) is 11.2. The number of amides is 2. The van der Waals surface area contributed by atoms with E-state index in [0.29, 0.717) is 40.3 Å². The van der Waals surface area contributed by atoms with Crippen LogP contribution in [-0.2, 0) is 32.6 Å². The predicted octanol–water partition coefficient (Wildman–Crippen LogP) is 5.62. The highest BCUT2D eigenvalue weighted by Crippen LogP contribution is 2.35. The molecule has 0 unspecified atom stereocenters. The number of rotatable bonds is 12. The summed E-state index contributed by atoms with van der Waals surface area (Å²) >= 11 is 12.7. The van der Waals surface area contributed by atoms with Gasteiger partial charge in [-0.1, -0.05) is 72.4 Å². The summed E-state index contributed by atoms with van der Waals surface area (Å²) in [6.07, 6.45) is 4.01. The highest BCUT2D eigenvalue weighted by Gasteiger charge is 2.35. The molecule has 2 amide bonds. The third-order valence-electron chi connectivity index (χ3n) is 8.12. The molecule has 0 spiro atoms. The molecule has 0 radical (unpaired) electrons. The molecular weight excluding hydrogens is 637 g/mol. The van der Waals surface area contributed by atoms with Gasteiger partial charge < -0.3 is 19.7 Å². The molecular formula is C33H37Cl2N3O6S. The Morgan fingerprint density at radius 1 is 0.956 bits per heavy atom. The first kappa shape index (κ1) is 32.9. The summed E-state index contributed by atoms with van der Waals surface area (Å²) in [4.78, 5) is 29.9. The van der Waals surface area contributed by atoms with Crippen LogP contribution in [0.15, 0.2) is 66.7 Å². The van der Waals surface area contributed by atoms with Crippen LogP contribution in [0.1, 0.15) is 43.7 Å². The number of nitrogens with one attached hydrogen (secondary N) is 1. The highest BCUT2D eigenvalue weighted by molar-refractivity contribution is 7.92. The summed E-state index contributed by atoms with van der Waals surface area (Å²) < 4.78 is 39.3. The number of hydrogen-bond acceptors (Lipinski definition) is 6. The standard InChI is InChI=1S/C33H37Cl2N3O6S/c1-2-45(41,42)38(27-14-15-30-31(20-27)44-17-16-43-30)22-32(39)37(21-24-12-13-25(34)19-28(24)35)29(18-23-8-4-3-5-9-23)33(40)36-26-10-6-7-11-26/h3-5,8-9,12-15,19-20,26,29H,2,6-7,10-11,16-18,21-22H2,1H3,(H,36,40)/t29-/m1/s1. The molecule has 9 nitrogen and oxygen atoms in total. The lowest BCUT2D eigenvalue weighted by Gasteiger charge is -2.34. The zero-order valence-corrected chi connectivity index (χ0v) is 27.4. The summed E-state index contributed by atoms with van der Waals surface area (Å²) in [5.74, 6) is -0.211. The number of halogens is 2. The van der Waals surface area contributed by atoms with Crippen molar-refractivity contribution in [2.75, 3.05) is 29.8 Å². The molecule has 0 aromatic heterocycles. The van der Waals surface area contributed by atoms with E-state index < -0.39 is 28.5 Å². The average Bonchev–Trinajstić information content (AvgIpc) is 3.55. The van der Waals surface area contributed by atoms with Crippen molar-refractivity contribution in [2.45, 2.75) is 57.7 Å². The highest BCUT2D eigenvalue weighted by atomic mass is 35.5. The molecule has 5 rings (SSSR count). The molecule has 1 heterocycles. The molecule has 1 aliphatic carbocycles. The zero-order chi connectivity index (χ0) is 32.0. The maximum Gasteiger partial charge on any atom is 0.244 e. The molecule has 0 bridgehead atoms. The fraction of sp³-hybridized carbons (Fsp3) is 0.394. The molecule has 240 valence electrons. The van der Waals surface area contributed by atoms with E-state index in [9.17, 15) is 18.0 Å². The van der Waals surface area contributed by atoms with Crippen LogP contribution < -0.4 is 19.1 Å². The lowest BCUT2D eigenvalue weighted by atomic mass is 10.0. The van der Waals surface area contributed by atoms with Gasteiger partial charge in [-0.25, -0.2) is 8.42 Å². The van der Waals surface area contributed by atoms with Gasteiger partial charge in [0.05, 0.1) is 11.4 Å². The fourth-order valence-electron chi connectivity index (χ4n) is 5.66. The number of carbonyl (C=O) groups is 2. The van der Waals surface area contributed by atoms with Crippen LogP contribution in [-0.4, -0.2) is 62.7 Å². The number of sulfonamides is 1. The summed E-state index contributed by atoms with van der Waals surface area (Å²) in [6, 6.07) is 18.2. The molecule has 1 aliphatic heterocycles. The summed E-state index contributed by atoms with van der Waals surface area (Å²) in [6.45, 7) is 1.65. The van der Waals surface area contributed by atoms with Crippen molar-refractivity contribution in [2.24, 2.45) is 0 Å². The number of anilines is 1. The predicted molar refractivity (Wildman–Crippen MR) is 176 cm³/mol. The normalized spacial score (nSPS) is 15.4. The topological polar surface area (TPSA) is 105 Å². The number of benzene rings is 3. The molecule has 12 heteroatoms. The monoisotopic (exact) mass is 673 g/mol. The second-order valence-corrected chi connectivity index (χ2v) is 14.2. The first-order chi connectivity index (χ1) is 21.6. The third-order valence-corrected chi connectivity index (χ3v) is 10.4. The first-order valence-electron chi connectivity index (χ1n) is 15.1. The van der Waals surface area contributed by atoms with Crippen LogP contribution in [0.3, 0.4) is 0 Å². The molecule has 2 aliphatic rings. The van der Waals surface area contributed by atoms with Crippen molar-refractivity contribution in [1.82, 2.24) is 10.2 Å². The van der Waals surface area contributed by atoms with Crippen LogP contribution in [0.5, 0.6) is 11.5 Å². The fourth-order valence-corrected chi connectivity index (χ4v) is 7.18. The molecule has 1 fully saturated rings. The summed E-state index contributed by atoms with van der Waals surface area (Å²) in [7, 11) is -3.93. The van der Waals surface area contributed by atoms with E-state index in [4.69, 9.17) is 32.7 Å². The Kier molecular flexibility index (Phi) is 10.8. The van der Waals surface area contributed by atoms with Crippen molar-refractivity contribution in [3.63, 3.8) is 0 Å². The van der Waals surface area contributed by atoms with Crippen molar-refractivity contribution >= 4 is 50.7 Å². The van der Waals surface area contributed by atoms with Crippen LogP contribution in [0.2, 0.25) is 10.0 Å². The van der Waals surface area contributed by atoms with Gasteiger partial charge in [-0.05, 0) is 55.2 Å². The Balaban J connectivity index is 1.54. The third kappa shape index (κ3) is 8.23. The zero-order valence-electron chi connectivity index (χ0n) is 25.1. The minimum Gasteiger partial charge on any atom is -0.486 e. The van der Waals surface area contributed by atoms with Crippen molar-refractivity contribution in [3.8, 4) is 11.5 Å². The Labute approximate surface area is 274 Å². The molecule has 0 saturated heterocycles. The molecule has 1 N–H and O–H groups in total. The smallest absolute Gasteiger partial charge is 0.244 e. The number of carbonyl (C=O) groups excluding carboxylic acids is 2. The average molecular weight is 675 g/mol. The molecule has 3 aromatic carbocycles. The number of ether oxygens (including phenoxy) is 2. The van der Waals surface area contributed by atoms with Gasteiger partial charge in [-0.3, -0.25) is 13.9 Å². The van der Waals surface area contributed by atoms with E-state index in [0.717, 1.165) is 35.6 Å². The Bertz CT molecular complexity index is 1620. The minimum absolute atomic E-state index is 0.0153. The molecule has 1 atom stereocenters. The van der Waals surface area contributed by atoms with Gasteiger partial charge in [-0.2, -0.15) is 0 Å². The largest absolute Gasteiger partial charge is 0.486 e. The van der Waals surface area contributed by atoms with Gasteiger partial charge in [0.1, 0.15) is 25.8 Å². The molecule has 1 saturated carbocycles. The second kappa shape index (κ2) is 14.7. The number of fused-ring (bicyclic) bond motifs is 1.